The molecule has 172 valence electrons. The lowest BCUT2D eigenvalue weighted by Crippen LogP contribution is -2.48. The Kier molecular flexibility index (Phi) is 7.32. The largest absolute Gasteiger partial charge is 0.493 e. The summed E-state index contributed by atoms with van der Waals surface area (Å²) in [5.41, 5.74) is 1.13. The third-order valence-electron chi connectivity index (χ3n) is 6.01. The molecule has 1 saturated carbocycles. The molecule has 1 aromatic carbocycles. The molecule has 8 heteroatoms. The molecular weight excluding hydrogens is 428 g/mol. The summed E-state index contributed by atoms with van der Waals surface area (Å²) >= 11 is 1.72. The van der Waals surface area contributed by atoms with E-state index in [2.05, 4.69) is 11.4 Å². The number of ether oxygens (including phenoxy) is 3. The highest BCUT2D eigenvalue weighted by molar-refractivity contribution is 7.10. The minimum Gasteiger partial charge on any atom is -0.493 e. The Labute approximate surface area is 192 Å². The highest BCUT2D eigenvalue weighted by atomic mass is 32.1. The van der Waals surface area contributed by atoms with Gasteiger partial charge in [-0.15, -0.1) is 11.3 Å². The normalized spacial score (nSPS) is 17.6. The third-order valence-corrected chi connectivity index (χ3v) is 7.01. The van der Waals surface area contributed by atoms with Crippen LogP contribution in [-0.2, 0) is 20.7 Å². The molecule has 1 fully saturated rings. The van der Waals surface area contributed by atoms with E-state index in [1.165, 1.54) is 4.88 Å². The van der Waals surface area contributed by atoms with Crippen molar-refractivity contribution in [2.45, 2.75) is 25.3 Å². The molecule has 2 aromatic rings. The second kappa shape index (κ2) is 10.4. The molecule has 2 aliphatic rings. The highest BCUT2D eigenvalue weighted by Gasteiger charge is 2.37. The highest BCUT2D eigenvalue weighted by Crippen LogP contribution is 2.36. The lowest BCUT2D eigenvalue weighted by molar-refractivity contribution is -0.143. The zero-order chi connectivity index (χ0) is 22.5. The maximum Gasteiger partial charge on any atom is 0.242 e. The molecule has 2 heterocycles. The van der Waals surface area contributed by atoms with Crippen LogP contribution in [0.3, 0.4) is 0 Å². The van der Waals surface area contributed by atoms with Gasteiger partial charge in [0.05, 0.1) is 26.3 Å². The van der Waals surface area contributed by atoms with E-state index in [-0.39, 0.29) is 30.3 Å². The van der Waals surface area contributed by atoms with Crippen molar-refractivity contribution < 1.29 is 23.8 Å². The minimum atomic E-state index is -0.206. The van der Waals surface area contributed by atoms with Gasteiger partial charge in [0.25, 0.3) is 0 Å². The molecule has 1 aliphatic carbocycles. The first-order valence-corrected chi connectivity index (χ1v) is 11.9. The second-order valence-corrected chi connectivity index (χ2v) is 9.14. The Bertz CT molecular complexity index is 942. The van der Waals surface area contributed by atoms with E-state index in [0.717, 1.165) is 24.8 Å². The predicted octanol–water partition coefficient (Wildman–Crippen LogP) is 3.15. The molecule has 0 spiro atoms. The molecule has 0 saturated heterocycles. The van der Waals surface area contributed by atoms with Crippen molar-refractivity contribution in [1.29, 1.82) is 0 Å². The number of carbonyl (C=O) groups excluding carboxylic acids is 2. The van der Waals surface area contributed by atoms with Gasteiger partial charge in [-0.25, -0.2) is 0 Å². The van der Waals surface area contributed by atoms with Crippen LogP contribution in [0.2, 0.25) is 0 Å². The van der Waals surface area contributed by atoms with Gasteiger partial charge >= 0.3 is 0 Å². The number of rotatable bonds is 10. The maximum absolute atomic E-state index is 13.4. The van der Waals surface area contributed by atoms with Crippen LogP contribution >= 0.6 is 11.3 Å². The molecule has 0 bridgehead atoms. The van der Waals surface area contributed by atoms with Gasteiger partial charge in [0.15, 0.2) is 11.5 Å². The van der Waals surface area contributed by atoms with Gasteiger partial charge in [-0.3, -0.25) is 9.59 Å². The summed E-state index contributed by atoms with van der Waals surface area (Å²) < 4.78 is 16.7. The fraction of sp³-hybridized carbons (Fsp3) is 0.500. The van der Waals surface area contributed by atoms with E-state index in [1.807, 2.05) is 29.2 Å². The van der Waals surface area contributed by atoms with Crippen LogP contribution in [0.4, 0.5) is 0 Å². The molecule has 0 N–H and O–H groups in total. The first kappa shape index (κ1) is 22.6. The molecule has 1 aromatic heterocycles. The van der Waals surface area contributed by atoms with E-state index in [9.17, 15) is 9.59 Å². The molecular formula is C24H30N2O5S. The number of nitrogens with zero attached hydrogens (tertiary/aromatic N) is 2. The Morgan fingerprint density at radius 1 is 1.16 bits per heavy atom. The summed E-state index contributed by atoms with van der Waals surface area (Å²) in [6.45, 7) is 1.86. The standard InChI is InChI=1S/C24H30N2O5S/c1-29-13-12-25(24(28)17-7-8-17)15-23(27)26-11-9-22-18(10-14-32-22)19(26)16-31-21-6-4-3-5-20(21)30-2/h3-6,10,14,17,19H,7-9,11-13,15-16H2,1-2H3. The lowest BCUT2D eigenvalue weighted by Gasteiger charge is -2.37. The fourth-order valence-corrected chi connectivity index (χ4v) is 5.02. The van der Waals surface area contributed by atoms with Crippen molar-refractivity contribution in [3.8, 4) is 11.5 Å². The average Bonchev–Trinajstić information content (AvgIpc) is 3.56. The number of carbonyl (C=O) groups is 2. The quantitative estimate of drug-likeness (QED) is 0.547. The number of thiophene rings is 1. The number of amides is 2. The summed E-state index contributed by atoms with van der Waals surface area (Å²) in [6.07, 6.45) is 2.64. The molecule has 7 nitrogen and oxygen atoms in total. The molecule has 32 heavy (non-hydrogen) atoms. The predicted molar refractivity (Wildman–Crippen MR) is 122 cm³/mol. The van der Waals surface area contributed by atoms with Crippen LogP contribution in [0, 0.1) is 5.92 Å². The summed E-state index contributed by atoms with van der Waals surface area (Å²) in [4.78, 5) is 30.9. The SMILES string of the molecule is COCCN(CC(=O)N1CCc2sccc2C1COc1ccccc1OC)C(=O)C1CC1. The zero-order valence-corrected chi connectivity index (χ0v) is 19.4. The molecule has 1 atom stereocenters. The van der Waals surface area contributed by atoms with E-state index < -0.39 is 0 Å². The van der Waals surface area contributed by atoms with Crippen LogP contribution < -0.4 is 9.47 Å². The second-order valence-electron chi connectivity index (χ2n) is 8.14. The van der Waals surface area contributed by atoms with Crippen molar-refractivity contribution in [2.24, 2.45) is 5.92 Å². The van der Waals surface area contributed by atoms with Crippen molar-refractivity contribution in [3.05, 3.63) is 46.2 Å². The number of para-hydroxylation sites is 2. The van der Waals surface area contributed by atoms with Crippen LogP contribution in [-0.4, -0.2) is 68.7 Å². The van der Waals surface area contributed by atoms with Gasteiger partial charge in [-0.1, -0.05) is 12.1 Å². The van der Waals surface area contributed by atoms with Gasteiger partial charge in [0.2, 0.25) is 11.8 Å². The monoisotopic (exact) mass is 458 g/mol. The Balaban J connectivity index is 1.50. The Hall–Kier alpha value is -2.58. The van der Waals surface area contributed by atoms with Crippen molar-refractivity contribution in [2.75, 3.05) is 47.1 Å². The minimum absolute atomic E-state index is 0.0550. The first-order valence-electron chi connectivity index (χ1n) is 11.0. The molecule has 4 rings (SSSR count). The topological polar surface area (TPSA) is 68.3 Å². The zero-order valence-electron chi connectivity index (χ0n) is 18.6. The number of benzene rings is 1. The van der Waals surface area contributed by atoms with Gasteiger partial charge in [0.1, 0.15) is 6.61 Å². The van der Waals surface area contributed by atoms with Gasteiger partial charge < -0.3 is 24.0 Å². The molecule has 1 aliphatic heterocycles. The smallest absolute Gasteiger partial charge is 0.242 e. The van der Waals surface area contributed by atoms with Gasteiger partial charge in [-0.2, -0.15) is 0 Å². The number of methoxy groups -OCH3 is 2. The maximum atomic E-state index is 13.4. The van der Waals surface area contributed by atoms with E-state index >= 15 is 0 Å². The van der Waals surface area contributed by atoms with Crippen LogP contribution in [0.5, 0.6) is 11.5 Å². The summed E-state index contributed by atoms with van der Waals surface area (Å²) in [5, 5.41) is 2.07. The fourth-order valence-electron chi connectivity index (χ4n) is 4.09. The Morgan fingerprint density at radius 3 is 2.66 bits per heavy atom. The van der Waals surface area contributed by atoms with Crippen LogP contribution in [0.15, 0.2) is 35.7 Å². The van der Waals surface area contributed by atoms with E-state index in [1.54, 1.807) is 30.5 Å². The van der Waals surface area contributed by atoms with Crippen LogP contribution in [0.25, 0.3) is 0 Å². The molecule has 0 radical (unpaired) electrons. The molecule has 2 amide bonds. The van der Waals surface area contributed by atoms with Gasteiger partial charge in [-0.05, 0) is 48.4 Å². The summed E-state index contributed by atoms with van der Waals surface area (Å²) in [5.74, 6) is 1.38. The number of hydrogen-bond donors (Lipinski definition) is 0. The number of hydrogen-bond acceptors (Lipinski definition) is 6. The van der Waals surface area contributed by atoms with E-state index in [4.69, 9.17) is 14.2 Å². The van der Waals surface area contributed by atoms with Gasteiger partial charge in [0, 0.05) is 31.0 Å². The van der Waals surface area contributed by atoms with Crippen molar-refractivity contribution in [3.63, 3.8) is 0 Å². The summed E-state index contributed by atoms with van der Waals surface area (Å²) in [7, 11) is 3.22. The van der Waals surface area contributed by atoms with Crippen molar-refractivity contribution >= 4 is 23.2 Å². The molecule has 1 unspecified atom stereocenters. The number of fused-ring (bicyclic) bond motifs is 1. The first-order chi connectivity index (χ1) is 15.6. The van der Waals surface area contributed by atoms with Crippen LogP contribution in [0.1, 0.15) is 29.3 Å². The third kappa shape index (κ3) is 5.07. The summed E-state index contributed by atoms with van der Waals surface area (Å²) in [6, 6.07) is 9.38. The lowest BCUT2D eigenvalue weighted by atomic mass is 10.0. The Morgan fingerprint density at radius 2 is 1.94 bits per heavy atom. The van der Waals surface area contributed by atoms with E-state index in [0.29, 0.717) is 37.8 Å². The average molecular weight is 459 g/mol. The van der Waals surface area contributed by atoms with Crippen molar-refractivity contribution in [1.82, 2.24) is 9.80 Å².